The largest absolute Gasteiger partial charge is 0.490 e. The standard InChI is InChI=1S/C17H23N3O2S.2C2HF3O2/c1-5-18-20(6-1)11-16-2-4-17(22-16)13-19(7-8-21-14-17)10-15-3-9-23-12-15;2*3-2(4,5)1(6)7/h1,3,5-6,9,12,16H,2,4,7-8,10-11,13-14H2;2*(H,6,7). The van der Waals surface area contributed by atoms with Crippen molar-refractivity contribution < 1.29 is 55.6 Å². The smallest absolute Gasteiger partial charge is 0.475 e. The number of thiophene rings is 1. The summed E-state index contributed by atoms with van der Waals surface area (Å²) < 4.78 is 77.8. The lowest BCUT2D eigenvalue weighted by molar-refractivity contribution is -0.193. The molecule has 2 atom stereocenters. The molecule has 2 N–H and O–H groups in total. The predicted octanol–water partition coefficient (Wildman–Crippen LogP) is 3.66. The van der Waals surface area contributed by atoms with Crippen LogP contribution in [0.3, 0.4) is 0 Å². The van der Waals surface area contributed by atoms with Crippen LogP contribution in [-0.4, -0.2) is 87.2 Å². The van der Waals surface area contributed by atoms with Crippen LogP contribution < -0.4 is 0 Å². The average molecular weight is 562 g/mol. The Morgan fingerprint density at radius 2 is 1.81 bits per heavy atom. The molecule has 0 aromatic carbocycles. The molecule has 37 heavy (non-hydrogen) atoms. The highest BCUT2D eigenvalue weighted by Crippen LogP contribution is 2.34. The number of rotatable bonds is 4. The lowest BCUT2D eigenvalue weighted by atomic mass is 10.00. The van der Waals surface area contributed by atoms with Gasteiger partial charge in [-0.3, -0.25) is 9.58 Å². The summed E-state index contributed by atoms with van der Waals surface area (Å²) in [7, 11) is 0. The van der Waals surface area contributed by atoms with E-state index in [0.717, 1.165) is 45.6 Å². The average Bonchev–Trinajstić information content (AvgIpc) is 3.52. The number of hydrogen-bond acceptors (Lipinski definition) is 7. The highest BCUT2D eigenvalue weighted by molar-refractivity contribution is 7.07. The van der Waals surface area contributed by atoms with Gasteiger partial charge in [-0.25, -0.2) is 9.59 Å². The summed E-state index contributed by atoms with van der Waals surface area (Å²) in [6, 6.07) is 4.17. The van der Waals surface area contributed by atoms with E-state index in [-0.39, 0.29) is 11.7 Å². The fourth-order valence-electron chi connectivity index (χ4n) is 3.62. The monoisotopic (exact) mass is 561 g/mol. The van der Waals surface area contributed by atoms with E-state index in [1.54, 1.807) is 11.3 Å². The van der Waals surface area contributed by atoms with Crippen molar-refractivity contribution in [2.24, 2.45) is 0 Å². The van der Waals surface area contributed by atoms with Gasteiger partial charge in [0.15, 0.2) is 0 Å². The molecule has 16 heteroatoms. The molecule has 0 aliphatic carbocycles. The van der Waals surface area contributed by atoms with E-state index in [0.29, 0.717) is 6.61 Å². The Balaban J connectivity index is 0.000000286. The Morgan fingerprint density at radius 3 is 2.32 bits per heavy atom. The zero-order valence-corrected chi connectivity index (χ0v) is 20.1. The predicted molar refractivity (Wildman–Crippen MR) is 117 cm³/mol. The number of halogens is 6. The van der Waals surface area contributed by atoms with Gasteiger partial charge >= 0.3 is 24.3 Å². The summed E-state index contributed by atoms with van der Waals surface area (Å²) >= 11 is 1.76. The summed E-state index contributed by atoms with van der Waals surface area (Å²) in [5, 5.41) is 22.9. The van der Waals surface area contributed by atoms with Crippen LogP contribution in [0.1, 0.15) is 18.4 Å². The van der Waals surface area contributed by atoms with Gasteiger partial charge in [0.05, 0.1) is 25.9 Å². The molecule has 4 rings (SSSR count). The van der Waals surface area contributed by atoms with Gasteiger partial charge in [0.1, 0.15) is 5.60 Å². The maximum Gasteiger partial charge on any atom is 0.490 e. The zero-order valence-electron chi connectivity index (χ0n) is 19.2. The van der Waals surface area contributed by atoms with E-state index < -0.39 is 24.3 Å². The van der Waals surface area contributed by atoms with E-state index >= 15 is 0 Å². The molecule has 2 aromatic heterocycles. The van der Waals surface area contributed by atoms with Gasteiger partial charge in [-0.15, -0.1) is 0 Å². The molecule has 0 saturated carbocycles. The third-order valence-corrected chi connectivity index (χ3v) is 5.92. The number of aromatic nitrogens is 2. The third kappa shape index (κ3) is 10.7. The minimum absolute atomic E-state index is 0.148. The molecule has 2 aliphatic heterocycles. The first-order valence-corrected chi connectivity index (χ1v) is 11.7. The molecule has 9 nitrogen and oxygen atoms in total. The number of aliphatic carboxylic acids is 2. The Bertz CT molecular complexity index is 947. The molecule has 0 amide bonds. The van der Waals surface area contributed by atoms with Gasteiger partial charge in [0.25, 0.3) is 0 Å². The molecule has 2 aromatic rings. The molecule has 2 aliphatic rings. The minimum atomic E-state index is -5.08. The quantitative estimate of drug-likeness (QED) is 0.544. The molecule has 2 unspecified atom stereocenters. The maximum absolute atomic E-state index is 10.6. The fraction of sp³-hybridized carbons (Fsp3) is 0.571. The van der Waals surface area contributed by atoms with Crippen LogP contribution in [0, 0.1) is 0 Å². The maximum atomic E-state index is 10.6. The summed E-state index contributed by atoms with van der Waals surface area (Å²) in [5.41, 5.74) is 1.24. The molecule has 1 spiro atoms. The molecule has 4 heterocycles. The Hall–Kier alpha value is -2.69. The Labute approximate surface area is 211 Å². The lowest BCUT2D eigenvalue weighted by Crippen LogP contribution is -2.44. The zero-order chi connectivity index (χ0) is 27.7. The van der Waals surface area contributed by atoms with Crippen LogP contribution in [0.5, 0.6) is 0 Å². The van der Waals surface area contributed by atoms with Crippen molar-refractivity contribution in [3.63, 3.8) is 0 Å². The van der Waals surface area contributed by atoms with Gasteiger partial charge < -0.3 is 19.7 Å². The van der Waals surface area contributed by atoms with Crippen LogP contribution in [0.25, 0.3) is 0 Å². The van der Waals surface area contributed by atoms with Crippen LogP contribution in [-0.2, 0) is 32.2 Å². The summed E-state index contributed by atoms with van der Waals surface area (Å²) in [6.45, 7) is 5.26. The van der Waals surface area contributed by atoms with Crippen molar-refractivity contribution >= 4 is 23.3 Å². The summed E-state index contributed by atoms with van der Waals surface area (Å²) in [4.78, 5) is 20.3. The number of carbonyl (C=O) groups is 2. The van der Waals surface area contributed by atoms with Crippen LogP contribution in [0.4, 0.5) is 26.3 Å². The first-order chi connectivity index (χ1) is 17.2. The minimum Gasteiger partial charge on any atom is -0.475 e. The highest BCUT2D eigenvalue weighted by Gasteiger charge is 2.43. The van der Waals surface area contributed by atoms with Crippen molar-refractivity contribution in [2.45, 2.75) is 50.0 Å². The number of hydrogen-bond donors (Lipinski definition) is 2. The van der Waals surface area contributed by atoms with Crippen molar-refractivity contribution in [1.29, 1.82) is 0 Å². The molecule has 2 fully saturated rings. The van der Waals surface area contributed by atoms with Crippen molar-refractivity contribution in [1.82, 2.24) is 14.7 Å². The fourth-order valence-corrected chi connectivity index (χ4v) is 4.28. The number of carboxylic acids is 2. The molecule has 0 radical (unpaired) electrons. The van der Waals surface area contributed by atoms with E-state index in [4.69, 9.17) is 29.3 Å². The topological polar surface area (TPSA) is 114 Å². The molecule has 2 saturated heterocycles. The van der Waals surface area contributed by atoms with Crippen molar-refractivity contribution in [2.75, 3.05) is 26.3 Å². The van der Waals surface area contributed by atoms with E-state index in [9.17, 15) is 26.3 Å². The first kappa shape index (κ1) is 30.5. The van der Waals surface area contributed by atoms with E-state index in [2.05, 4.69) is 26.8 Å². The number of carboxylic acid groups (broad SMARTS) is 2. The van der Waals surface area contributed by atoms with E-state index in [1.807, 2.05) is 23.1 Å². The first-order valence-electron chi connectivity index (χ1n) is 10.8. The van der Waals surface area contributed by atoms with Crippen LogP contribution in [0.15, 0.2) is 35.3 Å². The Kier molecular flexibility index (Phi) is 10.9. The van der Waals surface area contributed by atoms with Gasteiger partial charge in [-0.05, 0) is 41.3 Å². The molecular weight excluding hydrogens is 536 g/mol. The second-order valence-corrected chi connectivity index (χ2v) is 8.97. The third-order valence-electron chi connectivity index (χ3n) is 5.19. The summed E-state index contributed by atoms with van der Waals surface area (Å²) in [5.74, 6) is -5.51. The summed E-state index contributed by atoms with van der Waals surface area (Å²) in [6.07, 6.45) is -3.96. The number of ether oxygens (including phenoxy) is 2. The molecule has 0 bridgehead atoms. The normalized spacial score (nSPS) is 22.4. The van der Waals surface area contributed by atoms with E-state index in [1.165, 1.54) is 5.56 Å². The van der Waals surface area contributed by atoms with Gasteiger partial charge in [-0.2, -0.15) is 42.8 Å². The second-order valence-electron chi connectivity index (χ2n) is 8.19. The Morgan fingerprint density at radius 1 is 1.16 bits per heavy atom. The van der Waals surface area contributed by atoms with Gasteiger partial charge in [0.2, 0.25) is 0 Å². The SMILES string of the molecule is O=C(O)C(F)(F)F.O=C(O)C(F)(F)F.c1cnn(CC2CCC3(COCCN(Cc4ccsc4)C3)O2)c1. The van der Waals surface area contributed by atoms with Gasteiger partial charge in [-0.1, -0.05) is 0 Å². The molecule has 208 valence electrons. The lowest BCUT2D eigenvalue weighted by Gasteiger charge is -2.31. The van der Waals surface area contributed by atoms with Crippen molar-refractivity contribution in [3.05, 3.63) is 40.8 Å². The van der Waals surface area contributed by atoms with Crippen LogP contribution in [0.2, 0.25) is 0 Å². The van der Waals surface area contributed by atoms with Gasteiger partial charge in [0, 0.05) is 32.0 Å². The second kappa shape index (κ2) is 13.2. The van der Waals surface area contributed by atoms with Crippen molar-refractivity contribution in [3.8, 4) is 0 Å². The number of nitrogens with zero attached hydrogens (tertiary/aromatic N) is 3. The van der Waals surface area contributed by atoms with Crippen LogP contribution >= 0.6 is 11.3 Å². The molecular formula is C21H25F6N3O6S. The highest BCUT2D eigenvalue weighted by atomic mass is 32.1. The number of alkyl halides is 6.